The minimum absolute atomic E-state index is 0.192. The zero-order chi connectivity index (χ0) is 14.1. The van der Waals surface area contributed by atoms with E-state index in [1.165, 1.54) is 11.3 Å². The predicted molar refractivity (Wildman–Crippen MR) is 82.9 cm³/mol. The molecule has 0 spiro atoms. The van der Waals surface area contributed by atoms with Gasteiger partial charge >= 0.3 is 0 Å². The fraction of sp³-hybridized carbons (Fsp3) is 0. The number of phenolic OH excluding ortho intramolecular Hbond substituents is 1. The molecule has 0 unspecified atom stereocenters. The highest BCUT2D eigenvalue weighted by Crippen LogP contribution is 2.30. The molecule has 20 heavy (non-hydrogen) atoms. The number of benzene rings is 2. The maximum Gasteiger partial charge on any atom is 0.265 e. The molecule has 0 bridgehead atoms. The van der Waals surface area contributed by atoms with Gasteiger partial charge in [-0.3, -0.25) is 4.79 Å². The van der Waals surface area contributed by atoms with E-state index in [-0.39, 0.29) is 11.7 Å². The summed E-state index contributed by atoms with van der Waals surface area (Å²) < 4.78 is 0.575. The van der Waals surface area contributed by atoms with Crippen molar-refractivity contribution in [3.8, 4) is 5.75 Å². The molecule has 1 amide bonds. The number of carbonyl (C=O) groups is 1. The molecule has 3 aromatic rings. The lowest BCUT2D eigenvalue weighted by Gasteiger charge is -2.08. The maximum absolute atomic E-state index is 12.1. The molecule has 3 nitrogen and oxygen atoms in total. The third-order valence-electron chi connectivity index (χ3n) is 2.94. The van der Waals surface area contributed by atoms with Crippen LogP contribution in [0.5, 0.6) is 5.75 Å². The Morgan fingerprint density at radius 3 is 2.55 bits per heavy atom. The van der Waals surface area contributed by atoms with Crippen LogP contribution in [-0.4, -0.2) is 11.0 Å². The van der Waals surface area contributed by atoms with E-state index in [4.69, 9.17) is 11.6 Å². The minimum Gasteiger partial charge on any atom is -0.507 e. The number of amides is 1. The van der Waals surface area contributed by atoms with Gasteiger partial charge in [0.2, 0.25) is 0 Å². The predicted octanol–water partition coefficient (Wildman–Crippen LogP) is 4.51. The number of hydrogen-bond donors (Lipinski definition) is 2. The molecule has 1 aromatic heterocycles. The smallest absolute Gasteiger partial charge is 0.265 e. The van der Waals surface area contributed by atoms with E-state index in [9.17, 15) is 9.90 Å². The van der Waals surface area contributed by atoms with Crippen molar-refractivity contribution < 1.29 is 9.90 Å². The Morgan fingerprint density at radius 2 is 1.80 bits per heavy atom. The summed E-state index contributed by atoms with van der Waals surface area (Å²) in [6, 6.07) is 14.0. The number of rotatable bonds is 2. The highest BCUT2D eigenvalue weighted by molar-refractivity contribution is 7.18. The van der Waals surface area contributed by atoms with E-state index in [1.807, 2.05) is 12.1 Å². The molecule has 0 saturated heterocycles. The Hall–Kier alpha value is -2.04. The zero-order valence-corrected chi connectivity index (χ0v) is 11.8. The van der Waals surface area contributed by atoms with Crippen molar-refractivity contribution in [3.63, 3.8) is 0 Å². The number of thiophene rings is 1. The molecule has 0 aliphatic rings. The number of halogens is 1. The van der Waals surface area contributed by atoms with Gasteiger partial charge in [0.15, 0.2) is 0 Å². The number of fused-ring (bicyclic) bond motifs is 1. The number of aromatic hydroxyl groups is 1. The quantitative estimate of drug-likeness (QED) is 0.731. The Bertz CT molecular complexity index is 797. The SMILES string of the molecule is O=C(Nc1cccc2c(O)cccc12)c1ccc(Cl)s1. The topological polar surface area (TPSA) is 49.3 Å². The number of phenols is 1. The average molecular weight is 304 g/mol. The molecule has 0 atom stereocenters. The lowest BCUT2D eigenvalue weighted by molar-refractivity contribution is 0.103. The summed E-state index contributed by atoms with van der Waals surface area (Å²) in [7, 11) is 0. The first-order chi connectivity index (χ1) is 9.65. The number of carbonyl (C=O) groups excluding carboxylic acids is 1. The van der Waals surface area contributed by atoms with E-state index in [2.05, 4.69) is 5.32 Å². The number of hydrogen-bond acceptors (Lipinski definition) is 3. The van der Waals surface area contributed by atoms with Crippen molar-refractivity contribution in [2.75, 3.05) is 5.32 Å². The molecule has 0 radical (unpaired) electrons. The largest absolute Gasteiger partial charge is 0.507 e. The Kier molecular flexibility index (Phi) is 3.34. The van der Waals surface area contributed by atoms with Gasteiger partial charge in [-0.1, -0.05) is 35.9 Å². The third-order valence-corrected chi connectivity index (χ3v) is 4.17. The van der Waals surface area contributed by atoms with Crippen molar-refractivity contribution in [2.24, 2.45) is 0 Å². The van der Waals surface area contributed by atoms with E-state index < -0.39 is 0 Å². The van der Waals surface area contributed by atoms with Crippen molar-refractivity contribution in [2.45, 2.75) is 0 Å². The Morgan fingerprint density at radius 1 is 1.05 bits per heavy atom. The molecule has 2 N–H and O–H groups in total. The van der Waals surface area contributed by atoms with Crippen molar-refractivity contribution >= 4 is 45.3 Å². The van der Waals surface area contributed by atoms with E-state index in [1.54, 1.807) is 36.4 Å². The second-order valence-electron chi connectivity index (χ2n) is 4.24. The van der Waals surface area contributed by atoms with Gasteiger partial charge in [0.25, 0.3) is 5.91 Å². The molecular formula is C15H10ClNO2S. The number of anilines is 1. The standard InChI is InChI=1S/C15H10ClNO2S/c16-14-8-7-13(20-14)15(19)17-11-5-1-4-10-9(11)3-2-6-12(10)18/h1-8,18H,(H,17,19). The highest BCUT2D eigenvalue weighted by atomic mass is 35.5. The van der Waals surface area contributed by atoms with Crippen LogP contribution in [0, 0.1) is 0 Å². The lowest BCUT2D eigenvalue weighted by Crippen LogP contribution is -2.10. The van der Waals surface area contributed by atoms with Crippen LogP contribution in [0.3, 0.4) is 0 Å². The summed E-state index contributed by atoms with van der Waals surface area (Å²) in [5, 5.41) is 14.2. The minimum atomic E-state index is -0.210. The first-order valence-electron chi connectivity index (χ1n) is 5.92. The fourth-order valence-electron chi connectivity index (χ4n) is 2.02. The van der Waals surface area contributed by atoms with Crippen LogP contribution < -0.4 is 5.32 Å². The van der Waals surface area contributed by atoms with E-state index in [0.717, 1.165) is 5.39 Å². The van der Waals surface area contributed by atoms with Crippen LogP contribution in [-0.2, 0) is 0 Å². The average Bonchev–Trinajstić information content (AvgIpc) is 2.87. The van der Waals surface area contributed by atoms with Crippen molar-refractivity contribution in [3.05, 3.63) is 57.7 Å². The zero-order valence-electron chi connectivity index (χ0n) is 10.3. The van der Waals surface area contributed by atoms with Gasteiger partial charge in [0, 0.05) is 16.5 Å². The van der Waals surface area contributed by atoms with E-state index >= 15 is 0 Å². The van der Waals surface area contributed by atoms with Gasteiger partial charge in [-0.05, 0) is 24.3 Å². The molecule has 5 heteroatoms. The molecule has 0 aliphatic carbocycles. The molecule has 0 fully saturated rings. The van der Waals surface area contributed by atoms with Crippen LogP contribution >= 0.6 is 22.9 Å². The molecule has 2 aromatic carbocycles. The molecular weight excluding hydrogens is 294 g/mol. The first kappa shape index (κ1) is 13.0. The highest BCUT2D eigenvalue weighted by Gasteiger charge is 2.11. The Labute approximate surface area is 124 Å². The van der Waals surface area contributed by atoms with Crippen LogP contribution in [0.2, 0.25) is 4.34 Å². The van der Waals surface area contributed by atoms with Gasteiger partial charge in [-0.15, -0.1) is 11.3 Å². The van der Waals surface area contributed by atoms with Gasteiger partial charge in [-0.2, -0.15) is 0 Å². The number of nitrogens with one attached hydrogen (secondary N) is 1. The molecule has 100 valence electrons. The molecule has 1 heterocycles. The summed E-state index contributed by atoms with van der Waals surface area (Å²) in [6.07, 6.45) is 0. The van der Waals surface area contributed by atoms with E-state index in [0.29, 0.717) is 20.3 Å². The Balaban J connectivity index is 1.99. The summed E-state index contributed by atoms with van der Waals surface area (Å²) in [5.74, 6) is -0.0180. The van der Waals surface area contributed by atoms with Gasteiger partial charge in [0.05, 0.1) is 9.21 Å². The van der Waals surface area contributed by atoms with Crippen molar-refractivity contribution in [1.82, 2.24) is 0 Å². The van der Waals surface area contributed by atoms with Gasteiger partial charge in [-0.25, -0.2) is 0 Å². The monoisotopic (exact) mass is 303 g/mol. The molecule has 3 rings (SSSR count). The van der Waals surface area contributed by atoms with Crippen LogP contribution in [0.1, 0.15) is 9.67 Å². The summed E-state index contributed by atoms with van der Waals surface area (Å²) in [6.45, 7) is 0. The van der Waals surface area contributed by atoms with Gasteiger partial charge < -0.3 is 10.4 Å². The second-order valence-corrected chi connectivity index (χ2v) is 5.95. The third kappa shape index (κ3) is 2.35. The first-order valence-corrected chi connectivity index (χ1v) is 7.12. The van der Waals surface area contributed by atoms with Crippen LogP contribution in [0.15, 0.2) is 48.5 Å². The summed E-state index contributed by atoms with van der Waals surface area (Å²) >= 11 is 7.06. The maximum atomic E-state index is 12.1. The molecule has 0 aliphatic heterocycles. The van der Waals surface area contributed by atoms with Crippen molar-refractivity contribution in [1.29, 1.82) is 0 Å². The summed E-state index contributed by atoms with van der Waals surface area (Å²) in [5.41, 5.74) is 0.660. The summed E-state index contributed by atoms with van der Waals surface area (Å²) in [4.78, 5) is 12.7. The normalized spacial score (nSPS) is 10.7. The lowest BCUT2D eigenvalue weighted by atomic mass is 10.1. The second kappa shape index (κ2) is 5.15. The van der Waals surface area contributed by atoms with Gasteiger partial charge in [0.1, 0.15) is 5.75 Å². The van der Waals surface area contributed by atoms with Crippen LogP contribution in [0.4, 0.5) is 5.69 Å². The van der Waals surface area contributed by atoms with Crippen LogP contribution in [0.25, 0.3) is 10.8 Å². The molecule has 0 saturated carbocycles. The fourth-order valence-corrected chi connectivity index (χ4v) is 2.96.